The molecule has 0 bridgehead atoms. The Balaban J connectivity index is 2.05. The van der Waals surface area contributed by atoms with Gasteiger partial charge in [-0.3, -0.25) is 4.79 Å². The van der Waals surface area contributed by atoms with Crippen molar-refractivity contribution in [1.82, 2.24) is 0 Å². The van der Waals surface area contributed by atoms with Gasteiger partial charge in [0.1, 0.15) is 0 Å². The third-order valence-corrected chi connectivity index (χ3v) is 3.91. The predicted octanol–water partition coefficient (Wildman–Crippen LogP) is 2.66. The zero-order valence-corrected chi connectivity index (χ0v) is 11.5. The topological polar surface area (TPSA) is 46.3 Å². The molecule has 1 aliphatic heterocycles. The Morgan fingerprint density at radius 3 is 2.50 bits per heavy atom. The fourth-order valence-electron chi connectivity index (χ4n) is 2.82. The molecule has 3 nitrogen and oxygen atoms in total. The van der Waals surface area contributed by atoms with Crippen LogP contribution in [0.25, 0.3) is 0 Å². The van der Waals surface area contributed by atoms with Crippen molar-refractivity contribution in [3.05, 3.63) is 65.7 Å². The number of fused-ring (bicyclic) bond motifs is 1. The molecule has 2 aromatic carbocycles. The van der Waals surface area contributed by atoms with Crippen LogP contribution in [0.4, 0.5) is 5.69 Å². The average Bonchev–Trinajstić information content (AvgIpc) is 2.49. The summed E-state index contributed by atoms with van der Waals surface area (Å²) in [6, 6.07) is 17.6. The van der Waals surface area contributed by atoms with Gasteiger partial charge < -0.3 is 10.6 Å². The number of hydrogen-bond acceptors (Lipinski definition) is 2. The molecule has 1 aliphatic rings. The Morgan fingerprint density at radius 2 is 1.75 bits per heavy atom. The first-order valence-corrected chi connectivity index (χ1v) is 6.90. The molecular formula is C17H18N2O. The molecule has 3 rings (SSSR count). The first kappa shape index (κ1) is 12.9. The van der Waals surface area contributed by atoms with E-state index >= 15 is 0 Å². The molecule has 0 saturated heterocycles. The Hall–Kier alpha value is -2.13. The van der Waals surface area contributed by atoms with Crippen LogP contribution in [0.15, 0.2) is 54.6 Å². The summed E-state index contributed by atoms with van der Waals surface area (Å²) in [4.78, 5) is 14.3. The fourth-order valence-corrected chi connectivity index (χ4v) is 2.82. The monoisotopic (exact) mass is 266 g/mol. The second-order valence-electron chi connectivity index (χ2n) is 5.23. The van der Waals surface area contributed by atoms with Crippen LogP contribution >= 0.6 is 0 Å². The summed E-state index contributed by atoms with van der Waals surface area (Å²) in [6.07, 6.45) is 0.618. The highest BCUT2D eigenvalue weighted by Crippen LogP contribution is 2.34. The Morgan fingerprint density at radius 1 is 1.10 bits per heavy atom. The average molecular weight is 266 g/mol. The minimum atomic E-state index is -0.448. The maximum absolute atomic E-state index is 12.5. The van der Waals surface area contributed by atoms with Crippen molar-refractivity contribution in [2.45, 2.75) is 25.4 Å². The molecule has 2 atom stereocenters. The van der Waals surface area contributed by atoms with Gasteiger partial charge in [0.05, 0.1) is 12.1 Å². The highest BCUT2D eigenvalue weighted by Gasteiger charge is 2.33. The fraction of sp³-hybridized carbons (Fsp3) is 0.235. The first-order chi connectivity index (χ1) is 9.68. The Labute approximate surface area is 119 Å². The van der Waals surface area contributed by atoms with E-state index in [1.807, 2.05) is 66.4 Å². The van der Waals surface area contributed by atoms with Crippen LogP contribution < -0.4 is 10.6 Å². The standard InChI is InChI=1S/C17H18N2O/c1-12(13-7-3-2-4-8-13)19-16-10-6-5-9-14(16)11-15(18)17(19)20/h2-10,12,15H,11,18H2,1H3/t12-,15-/m1/s1. The van der Waals surface area contributed by atoms with Crippen LogP contribution in [0.1, 0.15) is 24.1 Å². The number of anilines is 1. The third-order valence-electron chi connectivity index (χ3n) is 3.91. The lowest BCUT2D eigenvalue weighted by Crippen LogP contribution is -2.49. The number of carbonyl (C=O) groups excluding carboxylic acids is 1. The summed E-state index contributed by atoms with van der Waals surface area (Å²) in [5.41, 5.74) is 9.25. The van der Waals surface area contributed by atoms with Crippen molar-refractivity contribution >= 4 is 11.6 Å². The minimum absolute atomic E-state index is 0.0000491. The molecule has 0 aromatic heterocycles. The van der Waals surface area contributed by atoms with E-state index in [9.17, 15) is 4.79 Å². The number of rotatable bonds is 2. The number of benzene rings is 2. The lowest BCUT2D eigenvalue weighted by molar-refractivity contribution is -0.120. The normalized spacial score (nSPS) is 19.6. The van der Waals surface area contributed by atoms with Gasteiger partial charge in [0, 0.05) is 5.69 Å². The zero-order valence-electron chi connectivity index (χ0n) is 11.5. The molecule has 20 heavy (non-hydrogen) atoms. The molecule has 0 radical (unpaired) electrons. The zero-order chi connectivity index (χ0) is 14.1. The summed E-state index contributed by atoms with van der Waals surface area (Å²) in [7, 11) is 0. The third kappa shape index (κ3) is 2.10. The van der Waals surface area contributed by atoms with Crippen molar-refractivity contribution in [2.75, 3.05) is 4.90 Å². The second-order valence-corrected chi connectivity index (χ2v) is 5.23. The Kier molecular flexibility index (Phi) is 3.28. The maximum Gasteiger partial charge on any atom is 0.244 e. The maximum atomic E-state index is 12.5. The molecule has 102 valence electrons. The van der Waals surface area contributed by atoms with E-state index in [1.165, 1.54) is 0 Å². The highest BCUT2D eigenvalue weighted by molar-refractivity contribution is 6.00. The predicted molar refractivity (Wildman–Crippen MR) is 80.5 cm³/mol. The smallest absolute Gasteiger partial charge is 0.244 e. The van der Waals surface area contributed by atoms with E-state index in [-0.39, 0.29) is 11.9 Å². The molecule has 0 unspecified atom stereocenters. The summed E-state index contributed by atoms with van der Waals surface area (Å²) in [6.45, 7) is 2.04. The van der Waals surface area contributed by atoms with Gasteiger partial charge in [0.15, 0.2) is 0 Å². The summed E-state index contributed by atoms with van der Waals surface area (Å²) in [5, 5.41) is 0. The quantitative estimate of drug-likeness (QED) is 0.908. The summed E-state index contributed by atoms with van der Waals surface area (Å²) in [5.74, 6) is 0.0000491. The molecule has 1 heterocycles. The number of nitrogens with two attached hydrogens (primary N) is 1. The van der Waals surface area contributed by atoms with Gasteiger partial charge in [-0.1, -0.05) is 48.5 Å². The van der Waals surface area contributed by atoms with E-state index in [1.54, 1.807) is 0 Å². The number of hydrogen-bond donors (Lipinski definition) is 1. The second kappa shape index (κ2) is 5.10. The number of nitrogens with zero attached hydrogens (tertiary/aromatic N) is 1. The number of amides is 1. The van der Waals surface area contributed by atoms with Crippen molar-refractivity contribution in [2.24, 2.45) is 5.73 Å². The van der Waals surface area contributed by atoms with Crippen molar-refractivity contribution < 1.29 is 4.79 Å². The van der Waals surface area contributed by atoms with Gasteiger partial charge >= 0.3 is 0 Å². The molecule has 1 amide bonds. The lowest BCUT2D eigenvalue weighted by atomic mass is 9.94. The van der Waals surface area contributed by atoms with Gasteiger partial charge in [-0.25, -0.2) is 0 Å². The van der Waals surface area contributed by atoms with Gasteiger partial charge in [-0.2, -0.15) is 0 Å². The molecule has 0 aliphatic carbocycles. The van der Waals surface area contributed by atoms with Crippen LogP contribution in [0.3, 0.4) is 0 Å². The van der Waals surface area contributed by atoms with E-state index < -0.39 is 6.04 Å². The summed E-state index contributed by atoms with van der Waals surface area (Å²) >= 11 is 0. The first-order valence-electron chi connectivity index (χ1n) is 6.90. The van der Waals surface area contributed by atoms with Gasteiger partial charge in [0.2, 0.25) is 5.91 Å². The molecule has 0 fully saturated rings. The number of para-hydroxylation sites is 1. The van der Waals surface area contributed by atoms with Crippen LogP contribution in [0, 0.1) is 0 Å². The van der Waals surface area contributed by atoms with E-state index in [0.29, 0.717) is 6.42 Å². The molecular weight excluding hydrogens is 248 g/mol. The highest BCUT2D eigenvalue weighted by atomic mass is 16.2. The van der Waals surface area contributed by atoms with Crippen molar-refractivity contribution in [3.63, 3.8) is 0 Å². The Bertz CT molecular complexity index is 624. The van der Waals surface area contributed by atoms with Gasteiger partial charge in [-0.05, 0) is 30.5 Å². The molecule has 0 saturated carbocycles. The number of carbonyl (C=O) groups is 1. The van der Waals surface area contributed by atoms with E-state index in [0.717, 1.165) is 16.8 Å². The van der Waals surface area contributed by atoms with Crippen LogP contribution in [0.5, 0.6) is 0 Å². The minimum Gasteiger partial charge on any atom is -0.320 e. The summed E-state index contributed by atoms with van der Waals surface area (Å²) < 4.78 is 0. The van der Waals surface area contributed by atoms with Gasteiger partial charge in [0.25, 0.3) is 0 Å². The van der Waals surface area contributed by atoms with Gasteiger partial charge in [-0.15, -0.1) is 0 Å². The van der Waals surface area contributed by atoms with Crippen molar-refractivity contribution in [3.8, 4) is 0 Å². The largest absolute Gasteiger partial charge is 0.320 e. The van der Waals surface area contributed by atoms with Crippen LogP contribution in [-0.2, 0) is 11.2 Å². The van der Waals surface area contributed by atoms with Crippen LogP contribution in [-0.4, -0.2) is 11.9 Å². The van der Waals surface area contributed by atoms with E-state index in [2.05, 4.69) is 0 Å². The lowest BCUT2D eigenvalue weighted by Gasteiger charge is -2.37. The van der Waals surface area contributed by atoms with Crippen molar-refractivity contribution in [1.29, 1.82) is 0 Å². The molecule has 2 aromatic rings. The molecule has 2 N–H and O–H groups in total. The van der Waals surface area contributed by atoms with E-state index in [4.69, 9.17) is 5.73 Å². The molecule has 0 spiro atoms. The molecule has 3 heteroatoms. The SMILES string of the molecule is C[C@H](c1ccccc1)N1C(=O)[C@H](N)Cc2ccccc21. The van der Waals surface area contributed by atoms with Crippen LogP contribution in [0.2, 0.25) is 0 Å².